The minimum Gasteiger partial charge on any atom is -0.324 e. The average molecular weight is 287 g/mol. The first kappa shape index (κ1) is 12.1. The van der Waals surface area contributed by atoms with Gasteiger partial charge in [0.2, 0.25) is 5.28 Å². The van der Waals surface area contributed by atoms with Crippen molar-refractivity contribution in [2.75, 3.05) is 11.4 Å². The van der Waals surface area contributed by atoms with Gasteiger partial charge in [-0.05, 0) is 49.6 Å². The lowest BCUT2D eigenvalue weighted by molar-refractivity contribution is 0.260. The Morgan fingerprint density at radius 2 is 2.05 bits per heavy atom. The monoisotopic (exact) mass is 286 g/mol. The van der Waals surface area contributed by atoms with Crippen LogP contribution in [0.4, 0.5) is 11.5 Å². The fourth-order valence-electron chi connectivity index (χ4n) is 3.30. The SMILES string of the molecule is Cc1ccc2c(n1)C1(CCC1)CN2c1ccnc(Cl)n1. The Bertz CT molecular complexity index is 681. The molecule has 1 saturated carbocycles. The zero-order chi connectivity index (χ0) is 13.7. The number of aromatic nitrogens is 3. The van der Waals surface area contributed by atoms with Crippen LogP contribution >= 0.6 is 11.6 Å². The Morgan fingerprint density at radius 3 is 2.75 bits per heavy atom. The molecule has 5 heteroatoms. The van der Waals surface area contributed by atoms with Crippen molar-refractivity contribution >= 4 is 23.1 Å². The molecule has 2 aromatic rings. The van der Waals surface area contributed by atoms with E-state index in [9.17, 15) is 0 Å². The van der Waals surface area contributed by atoms with E-state index in [2.05, 4.69) is 33.9 Å². The van der Waals surface area contributed by atoms with Gasteiger partial charge in [0, 0.05) is 23.9 Å². The van der Waals surface area contributed by atoms with Crippen LogP contribution in [0.3, 0.4) is 0 Å². The average Bonchev–Trinajstić information content (AvgIpc) is 2.73. The zero-order valence-corrected chi connectivity index (χ0v) is 12.1. The molecule has 0 N–H and O–H groups in total. The van der Waals surface area contributed by atoms with E-state index in [1.54, 1.807) is 6.20 Å². The van der Waals surface area contributed by atoms with Crippen LogP contribution in [-0.4, -0.2) is 21.5 Å². The molecule has 2 aliphatic rings. The summed E-state index contributed by atoms with van der Waals surface area (Å²) in [5.74, 6) is 0.862. The molecule has 1 fully saturated rings. The molecule has 4 rings (SSSR count). The molecule has 0 bridgehead atoms. The Balaban J connectivity index is 1.84. The molecular weight excluding hydrogens is 272 g/mol. The van der Waals surface area contributed by atoms with Gasteiger partial charge in [-0.1, -0.05) is 6.42 Å². The highest BCUT2D eigenvalue weighted by atomic mass is 35.5. The summed E-state index contributed by atoms with van der Waals surface area (Å²) >= 11 is 5.93. The van der Waals surface area contributed by atoms with E-state index in [0.717, 1.165) is 18.1 Å². The van der Waals surface area contributed by atoms with Crippen molar-refractivity contribution in [3.8, 4) is 0 Å². The number of anilines is 2. The summed E-state index contributed by atoms with van der Waals surface area (Å²) in [6.45, 7) is 3.00. The molecule has 0 unspecified atom stereocenters. The lowest BCUT2D eigenvalue weighted by Gasteiger charge is -2.38. The third-order valence-electron chi connectivity index (χ3n) is 4.47. The maximum absolute atomic E-state index is 5.93. The molecule has 0 saturated heterocycles. The molecule has 3 heterocycles. The smallest absolute Gasteiger partial charge is 0.224 e. The van der Waals surface area contributed by atoms with Crippen LogP contribution < -0.4 is 4.90 Å². The molecule has 0 radical (unpaired) electrons. The molecule has 1 aliphatic carbocycles. The van der Waals surface area contributed by atoms with Crippen LogP contribution in [0.5, 0.6) is 0 Å². The largest absolute Gasteiger partial charge is 0.324 e. The van der Waals surface area contributed by atoms with E-state index in [-0.39, 0.29) is 5.41 Å². The summed E-state index contributed by atoms with van der Waals surface area (Å²) in [4.78, 5) is 15.4. The van der Waals surface area contributed by atoms with E-state index in [4.69, 9.17) is 16.6 Å². The Kier molecular flexibility index (Phi) is 2.51. The van der Waals surface area contributed by atoms with Crippen LogP contribution in [0.2, 0.25) is 5.28 Å². The van der Waals surface area contributed by atoms with Crippen molar-refractivity contribution in [1.82, 2.24) is 15.0 Å². The van der Waals surface area contributed by atoms with Gasteiger partial charge in [-0.3, -0.25) is 4.98 Å². The van der Waals surface area contributed by atoms with Gasteiger partial charge in [0.05, 0.1) is 11.4 Å². The summed E-state index contributed by atoms with van der Waals surface area (Å²) in [6.07, 6.45) is 5.42. The second kappa shape index (κ2) is 4.16. The lowest BCUT2D eigenvalue weighted by atomic mass is 9.67. The first-order valence-corrected chi connectivity index (χ1v) is 7.30. The molecule has 1 aliphatic heterocycles. The Morgan fingerprint density at radius 1 is 1.20 bits per heavy atom. The predicted molar refractivity (Wildman–Crippen MR) is 78.6 cm³/mol. The first-order valence-electron chi connectivity index (χ1n) is 6.92. The fourth-order valence-corrected chi connectivity index (χ4v) is 3.44. The Labute approximate surface area is 122 Å². The van der Waals surface area contributed by atoms with Crippen LogP contribution in [-0.2, 0) is 5.41 Å². The van der Waals surface area contributed by atoms with Crippen molar-refractivity contribution < 1.29 is 0 Å². The van der Waals surface area contributed by atoms with E-state index in [1.165, 1.54) is 30.6 Å². The highest BCUT2D eigenvalue weighted by Crippen LogP contribution is 2.53. The predicted octanol–water partition coefficient (Wildman–Crippen LogP) is 3.41. The first-order chi connectivity index (χ1) is 9.68. The topological polar surface area (TPSA) is 41.9 Å². The lowest BCUT2D eigenvalue weighted by Crippen LogP contribution is -2.38. The number of hydrogen-bond acceptors (Lipinski definition) is 4. The van der Waals surface area contributed by atoms with Crippen molar-refractivity contribution in [1.29, 1.82) is 0 Å². The fraction of sp³-hybridized carbons (Fsp3) is 0.400. The van der Waals surface area contributed by atoms with Gasteiger partial charge >= 0.3 is 0 Å². The molecule has 0 atom stereocenters. The van der Waals surface area contributed by atoms with Crippen molar-refractivity contribution in [3.05, 3.63) is 41.1 Å². The van der Waals surface area contributed by atoms with Gasteiger partial charge in [0.15, 0.2) is 0 Å². The second-order valence-electron chi connectivity index (χ2n) is 5.72. The number of nitrogens with zero attached hydrogens (tertiary/aromatic N) is 4. The van der Waals surface area contributed by atoms with Gasteiger partial charge in [-0.15, -0.1) is 0 Å². The number of hydrogen-bond donors (Lipinski definition) is 0. The summed E-state index contributed by atoms with van der Waals surface area (Å²) in [6, 6.07) is 6.13. The summed E-state index contributed by atoms with van der Waals surface area (Å²) in [7, 11) is 0. The molecule has 4 nitrogen and oxygen atoms in total. The van der Waals surface area contributed by atoms with Gasteiger partial charge in [0.1, 0.15) is 5.82 Å². The molecule has 102 valence electrons. The normalized spacial score (nSPS) is 19.0. The van der Waals surface area contributed by atoms with Crippen LogP contribution in [0.25, 0.3) is 0 Å². The molecule has 20 heavy (non-hydrogen) atoms. The van der Waals surface area contributed by atoms with Crippen LogP contribution in [0, 0.1) is 6.92 Å². The van der Waals surface area contributed by atoms with Gasteiger partial charge < -0.3 is 4.90 Å². The van der Waals surface area contributed by atoms with Gasteiger partial charge in [-0.2, -0.15) is 0 Å². The van der Waals surface area contributed by atoms with Crippen molar-refractivity contribution in [2.24, 2.45) is 0 Å². The summed E-state index contributed by atoms with van der Waals surface area (Å²) in [5.41, 5.74) is 3.71. The Hall–Kier alpha value is -1.68. The second-order valence-corrected chi connectivity index (χ2v) is 6.06. The van der Waals surface area contributed by atoms with E-state index in [1.807, 2.05) is 6.07 Å². The van der Waals surface area contributed by atoms with E-state index < -0.39 is 0 Å². The standard InChI is InChI=1S/C15H15ClN4/c1-10-3-4-11-13(18-10)15(6-2-7-15)9-20(11)12-5-8-17-14(16)19-12/h3-5,8H,2,6-7,9H2,1H3. The van der Waals surface area contributed by atoms with Crippen molar-refractivity contribution in [2.45, 2.75) is 31.6 Å². The molecular formula is C15H15ClN4. The van der Waals surface area contributed by atoms with Crippen molar-refractivity contribution in [3.63, 3.8) is 0 Å². The maximum Gasteiger partial charge on any atom is 0.224 e. The quantitative estimate of drug-likeness (QED) is 0.754. The number of aryl methyl sites for hydroxylation is 1. The number of rotatable bonds is 1. The minimum atomic E-state index is 0.221. The third-order valence-corrected chi connectivity index (χ3v) is 4.65. The van der Waals surface area contributed by atoms with Crippen LogP contribution in [0.1, 0.15) is 30.7 Å². The molecule has 1 spiro atoms. The number of halogens is 1. The molecule has 2 aromatic heterocycles. The summed E-state index contributed by atoms with van der Waals surface area (Å²) in [5, 5.41) is 0.290. The third kappa shape index (κ3) is 1.64. The van der Waals surface area contributed by atoms with Gasteiger partial charge in [0.25, 0.3) is 0 Å². The highest BCUT2D eigenvalue weighted by molar-refractivity contribution is 6.28. The molecule has 0 amide bonds. The molecule has 0 aromatic carbocycles. The summed E-state index contributed by atoms with van der Waals surface area (Å²) < 4.78 is 0. The van der Waals surface area contributed by atoms with Gasteiger partial charge in [-0.25, -0.2) is 9.97 Å². The van der Waals surface area contributed by atoms with Crippen LogP contribution in [0.15, 0.2) is 24.4 Å². The maximum atomic E-state index is 5.93. The zero-order valence-electron chi connectivity index (χ0n) is 11.3. The minimum absolute atomic E-state index is 0.221. The number of pyridine rings is 1. The number of fused-ring (bicyclic) bond motifs is 2. The van der Waals surface area contributed by atoms with E-state index >= 15 is 0 Å². The van der Waals surface area contributed by atoms with E-state index in [0.29, 0.717) is 5.28 Å². The highest BCUT2D eigenvalue weighted by Gasteiger charge is 2.48.